The first-order valence-electron chi connectivity index (χ1n) is 9.58. The minimum Gasteiger partial charge on any atom is -0.350 e. The van der Waals surface area contributed by atoms with Crippen LogP contribution in [0.15, 0.2) is 30.7 Å². The molecule has 1 aliphatic rings. The van der Waals surface area contributed by atoms with E-state index in [2.05, 4.69) is 25.5 Å². The summed E-state index contributed by atoms with van der Waals surface area (Å²) in [7, 11) is 1.85. The van der Waals surface area contributed by atoms with E-state index < -0.39 is 6.43 Å². The van der Waals surface area contributed by atoms with Gasteiger partial charge in [-0.3, -0.25) is 14.2 Å². The van der Waals surface area contributed by atoms with E-state index in [9.17, 15) is 13.6 Å². The molecule has 0 aromatic carbocycles. The van der Waals surface area contributed by atoms with E-state index in [1.807, 2.05) is 24.2 Å². The van der Waals surface area contributed by atoms with Crippen molar-refractivity contribution in [1.29, 1.82) is 0 Å². The topological polar surface area (TPSA) is 93.8 Å². The number of anilines is 1. The Morgan fingerprint density at radius 1 is 1.40 bits per heavy atom. The number of carbonyl (C=O) groups is 1. The van der Waals surface area contributed by atoms with Crippen LogP contribution in [0.4, 0.5) is 14.7 Å². The normalized spacial score (nSPS) is 16.4. The third kappa shape index (κ3) is 4.29. The Kier molecular flexibility index (Phi) is 5.42. The van der Waals surface area contributed by atoms with E-state index in [0.717, 1.165) is 17.7 Å². The molecule has 158 valence electrons. The molecule has 30 heavy (non-hydrogen) atoms. The van der Waals surface area contributed by atoms with Crippen molar-refractivity contribution in [3.05, 3.63) is 42.1 Å². The highest BCUT2D eigenvalue weighted by molar-refractivity contribution is 5.76. The number of rotatable bonds is 6. The van der Waals surface area contributed by atoms with E-state index in [1.165, 1.54) is 10.7 Å². The highest BCUT2D eigenvalue weighted by Crippen LogP contribution is 2.21. The van der Waals surface area contributed by atoms with Crippen molar-refractivity contribution >= 4 is 11.9 Å². The van der Waals surface area contributed by atoms with Gasteiger partial charge in [-0.05, 0) is 25.5 Å². The number of amides is 1. The highest BCUT2D eigenvalue weighted by atomic mass is 19.3. The van der Waals surface area contributed by atoms with Crippen LogP contribution in [0.1, 0.15) is 24.2 Å². The molecule has 1 unspecified atom stereocenters. The summed E-state index contributed by atoms with van der Waals surface area (Å²) in [5, 5.41) is 10.9. The van der Waals surface area contributed by atoms with Gasteiger partial charge >= 0.3 is 0 Å². The number of nitrogens with zero attached hydrogens (tertiary/aromatic N) is 7. The first-order chi connectivity index (χ1) is 14.4. The van der Waals surface area contributed by atoms with Crippen molar-refractivity contribution < 1.29 is 13.6 Å². The van der Waals surface area contributed by atoms with Crippen molar-refractivity contribution in [2.45, 2.75) is 32.4 Å². The zero-order valence-electron chi connectivity index (χ0n) is 16.7. The zero-order valence-corrected chi connectivity index (χ0v) is 16.7. The van der Waals surface area contributed by atoms with Gasteiger partial charge < -0.3 is 10.2 Å². The number of hydrogen-bond acceptors (Lipinski definition) is 6. The van der Waals surface area contributed by atoms with Crippen LogP contribution in [-0.2, 0) is 18.4 Å². The van der Waals surface area contributed by atoms with Gasteiger partial charge in [-0.15, -0.1) is 0 Å². The second kappa shape index (κ2) is 8.17. The van der Waals surface area contributed by atoms with E-state index in [1.54, 1.807) is 24.0 Å². The molecule has 3 aromatic heterocycles. The van der Waals surface area contributed by atoms with Gasteiger partial charge in [-0.1, -0.05) is 0 Å². The zero-order chi connectivity index (χ0) is 21.3. The average Bonchev–Trinajstić information content (AvgIpc) is 3.43. The molecule has 3 aromatic rings. The maximum atomic E-state index is 12.8. The highest BCUT2D eigenvalue weighted by Gasteiger charge is 2.26. The monoisotopic (exact) mass is 416 g/mol. The molecule has 1 N–H and O–H groups in total. The molecule has 1 saturated heterocycles. The van der Waals surface area contributed by atoms with E-state index >= 15 is 0 Å². The largest absolute Gasteiger partial charge is 0.350 e. The van der Waals surface area contributed by atoms with Crippen LogP contribution >= 0.6 is 0 Å². The molecule has 1 fully saturated rings. The minimum atomic E-state index is -2.65. The summed E-state index contributed by atoms with van der Waals surface area (Å²) in [4.78, 5) is 23.3. The van der Waals surface area contributed by atoms with Gasteiger partial charge in [0.1, 0.15) is 12.2 Å². The Bertz CT molecular complexity index is 1050. The number of halogens is 2. The number of aromatic nitrogens is 6. The molecule has 0 aliphatic carbocycles. The fourth-order valence-corrected chi connectivity index (χ4v) is 3.49. The fourth-order valence-electron chi connectivity index (χ4n) is 3.49. The first-order valence-corrected chi connectivity index (χ1v) is 9.58. The van der Waals surface area contributed by atoms with Crippen molar-refractivity contribution in [3.63, 3.8) is 0 Å². The lowest BCUT2D eigenvalue weighted by Crippen LogP contribution is -2.39. The van der Waals surface area contributed by atoms with Gasteiger partial charge in [0.2, 0.25) is 11.9 Å². The second-order valence-corrected chi connectivity index (χ2v) is 7.31. The Hall–Kier alpha value is -3.37. The summed E-state index contributed by atoms with van der Waals surface area (Å²) < 4.78 is 28.5. The minimum absolute atomic E-state index is 0.0754. The Morgan fingerprint density at radius 2 is 2.23 bits per heavy atom. The van der Waals surface area contributed by atoms with Gasteiger partial charge in [0, 0.05) is 49.8 Å². The Labute approximate surface area is 171 Å². The molecule has 0 radical (unpaired) electrons. The van der Waals surface area contributed by atoms with Gasteiger partial charge in [0.25, 0.3) is 6.43 Å². The van der Waals surface area contributed by atoms with E-state index in [-0.39, 0.29) is 24.2 Å². The smallest absolute Gasteiger partial charge is 0.282 e. The number of alkyl halides is 2. The number of nitrogens with one attached hydrogen (secondary N) is 1. The van der Waals surface area contributed by atoms with Gasteiger partial charge in [0.05, 0.1) is 11.9 Å². The summed E-state index contributed by atoms with van der Waals surface area (Å²) in [5.41, 5.74) is 1.89. The van der Waals surface area contributed by atoms with Gasteiger partial charge in [0.15, 0.2) is 0 Å². The lowest BCUT2D eigenvalue weighted by Gasteiger charge is -2.17. The third-order valence-corrected chi connectivity index (χ3v) is 5.00. The Morgan fingerprint density at radius 3 is 2.93 bits per heavy atom. The summed E-state index contributed by atoms with van der Waals surface area (Å²) in [6.07, 6.45) is 3.43. The molecule has 0 spiro atoms. The number of aryl methyl sites for hydroxylation is 2. The van der Waals surface area contributed by atoms with Crippen LogP contribution in [0.25, 0.3) is 11.3 Å². The Balaban J connectivity index is 1.36. The molecule has 4 heterocycles. The van der Waals surface area contributed by atoms with Crippen molar-refractivity contribution in [2.24, 2.45) is 7.05 Å². The summed E-state index contributed by atoms with van der Waals surface area (Å²) >= 11 is 0. The number of carbonyl (C=O) groups excluding carboxylic acids is 1. The van der Waals surface area contributed by atoms with Gasteiger partial charge in [-0.25, -0.2) is 18.7 Å². The molecule has 4 rings (SSSR count). The molecule has 0 bridgehead atoms. The molecule has 1 atom stereocenters. The predicted octanol–water partition coefficient (Wildman–Crippen LogP) is 1.71. The van der Waals surface area contributed by atoms with Crippen molar-refractivity contribution in [2.75, 3.05) is 18.0 Å². The van der Waals surface area contributed by atoms with Crippen LogP contribution in [-0.4, -0.2) is 54.6 Å². The standard InChI is InChI=1S/C19H22F2N8O/c1-12-7-16(18(20)21)26-29(12)11-17(30)24-14-4-6-28(10-14)19-22-5-3-15(25-19)13-8-23-27(2)9-13/h3,5,7-9,14,18H,4,6,10-11H2,1-2H3,(H,24,30). The quantitative estimate of drug-likeness (QED) is 0.658. The average molecular weight is 416 g/mol. The van der Waals surface area contributed by atoms with E-state index in [4.69, 9.17) is 0 Å². The molecule has 0 saturated carbocycles. The van der Waals surface area contributed by atoms with Crippen molar-refractivity contribution in [1.82, 2.24) is 34.8 Å². The third-order valence-electron chi connectivity index (χ3n) is 5.00. The number of hydrogen-bond donors (Lipinski definition) is 1. The molecular weight excluding hydrogens is 394 g/mol. The van der Waals surface area contributed by atoms with Crippen LogP contribution < -0.4 is 10.2 Å². The van der Waals surface area contributed by atoms with Crippen molar-refractivity contribution in [3.8, 4) is 11.3 Å². The maximum Gasteiger partial charge on any atom is 0.282 e. The predicted molar refractivity (Wildman–Crippen MR) is 105 cm³/mol. The first kappa shape index (κ1) is 19.9. The maximum absolute atomic E-state index is 12.8. The fraction of sp³-hybridized carbons (Fsp3) is 0.421. The van der Waals surface area contributed by atoms with Crippen LogP contribution in [0.3, 0.4) is 0 Å². The van der Waals surface area contributed by atoms with Crippen LogP contribution in [0.2, 0.25) is 0 Å². The lowest BCUT2D eigenvalue weighted by molar-refractivity contribution is -0.122. The van der Waals surface area contributed by atoms with Gasteiger partial charge in [-0.2, -0.15) is 10.2 Å². The molecule has 11 heteroatoms. The van der Waals surface area contributed by atoms with E-state index in [0.29, 0.717) is 24.7 Å². The molecule has 1 aliphatic heterocycles. The van der Waals surface area contributed by atoms with Crippen LogP contribution in [0, 0.1) is 6.92 Å². The summed E-state index contributed by atoms with van der Waals surface area (Å²) in [6.45, 7) is 2.83. The van der Waals surface area contributed by atoms with Crippen LogP contribution in [0.5, 0.6) is 0 Å². The molecule has 9 nitrogen and oxygen atoms in total. The summed E-state index contributed by atoms with van der Waals surface area (Å²) in [5.74, 6) is 0.330. The summed E-state index contributed by atoms with van der Waals surface area (Å²) in [6, 6.07) is 3.05. The SMILES string of the molecule is Cc1cc(C(F)F)nn1CC(=O)NC1CCN(c2nccc(-c3cnn(C)c3)n2)C1. The lowest BCUT2D eigenvalue weighted by atomic mass is 10.2. The second-order valence-electron chi connectivity index (χ2n) is 7.31. The molecular formula is C19H22F2N8O. The molecule has 1 amide bonds.